The molecule has 1 aliphatic heterocycles. The Morgan fingerprint density at radius 3 is 2.52 bits per heavy atom. The fourth-order valence-electron chi connectivity index (χ4n) is 2.28. The summed E-state index contributed by atoms with van der Waals surface area (Å²) in [5.74, 6) is 1.52. The molecule has 0 N–H and O–H groups in total. The molecule has 0 radical (unpaired) electrons. The number of aryl methyl sites for hydroxylation is 1. The molecule has 1 aliphatic rings. The molecule has 2 aromatic rings. The van der Waals surface area contributed by atoms with Crippen molar-refractivity contribution >= 4 is 11.8 Å². The van der Waals surface area contributed by atoms with Crippen LogP contribution in [0.5, 0.6) is 17.2 Å². The first-order chi connectivity index (χ1) is 11.1. The molecule has 2 aromatic carbocycles. The Morgan fingerprint density at radius 2 is 1.78 bits per heavy atom. The van der Waals surface area contributed by atoms with Gasteiger partial charge in [0, 0.05) is 12.0 Å². The molecule has 118 valence electrons. The van der Waals surface area contributed by atoms with E-state index >= 15 is 0 Å². The molecule has 0 fully saturated rings. The second-order valence-electron chi connectivity index (χ2n) is 5.24. The van der Waals surface area contributed by atoms with Crippen LogP contribution in [0.15, 0.2) is 42.5 Å². The fraction of sp³-hybridized carbons (Fsp3) is 0.222. The topological polar surface area (TPSA) is 61.8 Å². The van der Waals surface area contributed by atoms with Crippen molar-refractivity contribution in [2.45, 2.75) is 19.8 Å². The number of hydrogen-bond donors (Lipinski definition) is 0. The molecule has 0 bridgehead atoms. The molecule has 23 heavy (non-hydrogen) atoms. The highest BCUT2D eigenvalue weighted by Crippen LogP contribution is 2.32. The summed E-state index contributed by atoms with van der Waals surface area (Å²) >= 11 is 0. The highest BCUT2D eigenvalue weighted by atomic mass is 16.7. The van der Waals surface area contributed by atoms with E-state index in [0.29, 0.717) is 23.5 Å². The molecule has 5 heteroatoms. The number of Topliss-reactive ketones (excluding diaryl/α,β-unsaturated/α-hetero) is 1. The Hall–Kier alpha value is -2.82. The third-order valence-corrected chi connectivity index (χ3v) is 3.55. The summed E-state index contributed by atoms with van der Waals surface area (Å²) in [5, 5.41) is 0. The number of ketones is 1. The summed E-state index contributed by atoms with van der Waals surface area (Å²) in [4.78, 5) is 23.1. The van der Waals surface area contributed by atoms with Gasteiger partial charge in [0.15, 0.2) is 17.3 Å². The average molecular weight is 312 g/mol. The number of rotatable bonds is 5. The van der Waals surface area contributed by atoms with Crippen LogP contribution in [0.25, 0.3) is 0 Å². The number of fused-ring (bicyclic) bond motifs is 1. The average Bonchev–Trinajstić information content (AvgIpc) is 3.01. The normalized spacial score (nSPS) is 12.0. The SMILES string of the molecule is CC(=O)c1ccc(OC(=O)CCc2ccc3c(c2)OCO3)cc1. The summed E-state index contributed by atoms with van der Waals surface area (Å²) in [6.07, 6.45) is 0.815. The summed E-state index contributed by atoms with van der Waals surface area (Å²) in [6.45, 7) is 1.73. The van der Waals surface area contributed by atoms with Crippen molar-refractivity contribution in [1.82, 2.24) is 0 Å². The number of ether oxygens (including phenoxy) is 3. The number of hydrogen-bond acceptors (Lipinski definition) is 5. The molecule has 3 rings (SSSR count). The van der Waals surface area contributed by atoms with Crippen molar-refractivity contribution in [2.24, 2.45) is 0 Å². The molecule has 0 aliphatic carbocycles. The maximum absolute atomic E-state index is 11.9. The van der Waals surface area contributed by atoms with Crippen LogP contribution in [0, 0.1) is 0 Å². The molecule has 0 amide bonds. The summed E-state index contributed by atoms with van der Waals surface area (Å²) in [5.41, 5.74) is 1.57. The second-order valence-corrected chi connectivity index (χ2v) is 5.24. The number of carbonyl (C=O) groups is 2. The van der Waals surface area contributed by atoms with Crippen LogP contribution in [-0.4, -0.2) is 18.5 Å². The van der Waals surface area contributed by atoms with E-state index in [0.717, 1.165) is 11.3 Å². The zero-order valence-electron chi connectivity index (χ0n) is 12.7. The van der Waals surface area contributed by atoms with Crippen molar-refractivity contribution in [3.05, 3.63) is 53.6 Å². The number of carbonyl (C=O) groups excluding carboxylic acids is 2. The number of esters is 1. The quantitative estimate of drug-likeness (QED) is 0.482. The van der Waals surface area contributed by atoms with Gasteiger partial charge in [-0.05, 0) is 55.3 Å². The lowest BCUT2D eigenvalue weighted by Gasteiger charge is -2.06. The summed E-state index contributed by atoms with van der Waals surface area (Å²) < 4.78 is 15.8. The Balaban J connectivity index is 1.54. The van der Waals surface area contributed by atoms with Gasteiger partial charge in [-0.1, -0.05) is 6.07 Å². The molecule has 0 aromatic heterocycles. The van der Waals surface area contributed by atoms with Gasteiger partial charge in [-0.3, -0.25) is 9.59 Å². The van der Waals surface area contributed by atoms with Gasteiger partial charge in [0.25, 0.3) is 0 Å². The van der Waals surface area contributed by atoms with Crippen LogP contribution < -0.4 is 14.2 Å². The number of benzene rings is 2. The molecule has 0 atom stereocenters. The minimum atomic E-state index is -0.321. The van der Waals surface area contributed by atoms with Crippen LogP contribution in [0.2, 0.25) is 0 Å². The van der Waals surface area contributed by atoms with Gasteiger partial charge in [-0.25, -0.2) is 0 Å². The highest BCUT2D eigenvalue weighted by molar-refractivity contribution is 5.94. The molecule has 0 saturated carbocycles. The third kappa shape index (κ3) is 3.69. The zero-order valence-corrected chi connectivity index (χ0v) is 12.7. The monoisotopic (exact) mass is 312 g/mol. The Bertz CT molecular complexity index is 734. The molecular weight excluding hydrogens is 296 g/mol. The minimum Gasteiger partial charge on any atom is -0.454 e. The van der Waals surface area contributed by atoms with Gasteiger partial charge >= 0.3 is 5.97 Å². The van der Waals surface area contributed by atoms with Crippen molar-refractivity contribution < 1.29 is 23.8 Å². The van der Waals surface area contributed by atoms with Crippen LogP contribution in [-0.2, 0) is 11.2 Å². The van der Waals surface area contributed by atoms with Crippen LogP contribution in [0.3, 0.4) is 0 Å². The highest BCUT2D eigenvalue weighted by Gasteiger charge is 2.14. The van der Waals surface area contributed by atoms with Crippen LogP contribution in [0.4, 0.5) is 0 Å². The molecule has 5 nitrogen and oxygen atoms in total. The van der Waals surface area contributed by atoms with Gasteiger partial charge in [-0.2, -0.15) is 0 Å². The van der Waals surface area contributed by atoms with Gasteiger partial charge in [0.2, 0.25) is 6.79 Å². The van der Waals surface area contributed by atoms with E-state index in [-0.39, 0.29) is 25.0 Å². The molecule has 0 spiro atoms. The molecule has 0 saturated heterocycles. The maximum atomic E-state index is 11.9. The van der Waals surface area contributed by atoms with Gasteiger partial charge in [0.05, 0.1) is 0 Å². The predicted octanol–water partition coefficient (Wildman–Crippen LogP) is 3.16. The Kier molecular flexibility index (Phi) is 4.28. The van der Waals surface area contributed by atoms with Gasteiger partial charge in [0.1, 0.15) is 5.75 Å². The standard InChI is InChI=1S/C18H16O5/c1-12(19)14-4-6-15(7-5-14)23-18(20)9-3-13-2-8-16-17(10-13)22-11-21-16/h2,4-8,10H,3,9,11H2,1H3. The lowest BCUT2D eigenvalue weighted by molar-refractivity contribution is -0.134. The van der Waals surface area contributed by atoms with E-state index in [4.69, 9.17) is 14.2 Å². The van der Waals surface area contributed by atoms with Crippen LogP contribution in [0.1, 0.15) is 29.3 Å². The van der Waals surface area contributed by atoms with E-state index in [9.17, 15) is 9.59 Å². The summed E-state index contributed by atoms with van der Waals surface area (Å²) in [7, 11) is 0. The summed E-state index contributed by atoms with van der Waals surface area (Å²) in [6, 6.07) is 12.1. The lowest BCUT2D eigenvalue weighted by atomic mass is 10.1. The van der Waals surface area contributed by atoms with Crippen LogP contribution >= 0.6 is 0 Å². The van der Waals surface area contributed by atoms with Crippen molar-refractivity contribution in [3.63, 3.8) is 0 Å². The van der Waals surface area contributed by atoms with Crippen molar-refractivity contribution in [2.75, 3.05) is 6.79 Å². The minimum absolute atomic E-state index is 0.0225. The molecule has 1 heterocycles. The van der Waals surface area contributed by atoms with E-state index in [1.54, 1.807) is 24.3 Å². The van der Waals surface area contributed by atoms with E-state index in [1.165, 1.54) is 6.92 Å². The molecule has 0 unspecified atom stereocenters. The fourth-order valence-corrected chi connectivity index (χ4v) is 2.28. The Labute approximate surface area is 133 Å². The van der Waals surface area contributed by atoms with Gasteiger partial charge in [-0.15, -0.1) is 0 Å². The largest absolute Gasteiger partial charge is 0.454 e. The smallest absolute Gasteiger partial charge is 0.311 e. The Morgan fingerprint density at radius 1 is 1.04 bits per heavy atom. The molecular formula is C18H16O5. The van der Waals surface area contributed by atoms with E-state index < -0.39 is 0 Å². The third-order valence-electron chi connectivity index (χ3n) is 3.55. The van der Waals surface area contributed by atoms with Crippen molar-refractivity contribution in [3.8, 4) is 17.2 Å². The van der Waals surface area contributed by atoms with E-state index in [1.807, 2.05) is 18.2 Å². The zero-order chi connectivity index (χ0) is 16.2. The lowest BCUT2D eigenvalue weighted by Crippen LogP contribution is -2.09. The second kappa shape index (κ2) is 6.52. The first kappa shape index (κ1) is 15.1. The predicted molar refractivity (Wildman–Crippen MR) is 83.0 cm³/mol. The first-order valence-corrected chi connectivity index (χ1v) is 7.32. The maximum Gasteiger partial charge on any atom is 0.311 e. The van der Waals surface area contributed by atoms with E-state index in [2.05, 4.69) is 0 Å². The van der Waals surface area contributed by atoms with Crippen molar-refractivity contribution in [1.29, 1.82) is 0 Å². The van der Waals surface area contributed by atoms with Gasteiger partial charge < -0.3 is 14.2 Å². The first-order valence-electron chi connectivity index (χ1n) is 7.32.